The molecule has 0 spiro atoms. The van der Waals surface area contributed by atoms with Crippen LogP contribution in [0.2, 0.25) is 0 Å². The minimum absolute atomic E-state index is 0.257. The number of esters is 1. The summed E-state index contributed by atoms with van der Waals surface area (Å²) in [5.41, 5.74) is 0.994. The van der Waals surface area contributed by atoms with E-state index in [2.05, 4.69) is 4.74 Å². The van der Waals surface area contributed by atoms with Crippen molar-refractivity contribution in [2.24, 2.45) is 5.41 Å². The molecule has 2 rings (SSSR count). The van der Waals surface area contributed by atoms with Gasteiger partial charge in [-0.05, 0) is 49.8 Å². The molecule has 1 N–H and O–H groups in total. The van der Waals surface area contributed by atoms with Crippen LogP contribution in [0.15, 0.2) is 24.3 Å². The molecule has 1 aliphatic rings. The third-order valence-corrected chi connectivity index (χ3v) is 4.06. The largest absolute Gasteiger partial charge is 0.481 e. The Labute approximate surface area is 112 Å². The molecule has 4 nitrogen and oxygen atoms in total. The highest BCUT2D eigenvalue weighted by molar-refractivity contribution is 5.89. The Kier molecular flexibility index (Phi) is 3.60. The zero-order chi connectivity index (χ0) is 14.0. The van der Waals surface area contributed by atoms with E-state index in [1.54, 1.807) is 19.1 Å². The first-order valence-electron chi connectivity index (χ1n) is 6.38. The van der Waals surface area contributed by atoms with Crippen molar-refractivity contribution in [2.45, 2.75) is 32.1 Å². The van der Waals surface area contributed by atoms with Crippen molar-refractivity contribution in [3.8, 4) is 0 Å². The molecule has 0 radical (unpaired) electrons. The van der Waals surface area contributed by atoms with Crippen LogP contribution in [0.4, 0.5) is 0 Å². The summed E-state index contributed by atoms with van der Waals surface area (Å²) in [6.07, 6.45) is 2.23. The monoisotopic (exact) mass is 262 g/mol. The maximum Gasteiger partial charge on any atom is 0.337 e. The Hall–Kier alpha value is -1.84. The first-order chi connectivity index (χ1) is 8.96. The summed E-state index contributed by atoms with van der Waals surface area (Å²) in [5.74, 6) is -0.817. The SMILES string of the molecule is COC(=O)c1ccc([C@H]2CC[C@@](C)(C(=O)O)C2)cc1. The average Bonchev–Trinajstić information content (AvgIpc) is 2.82. The third-order valence-electron chi connectivity index (χ3n) is 4.06. The van der Waals surface area contributed by atoms with E-state index in [4.69, 9.17) is 0 Å². The smallest absolute Gasteiger partial charge is 0.337 e. The number of carboxylic acid groups (broad SMARTS) is 1. The number of hydrogen-bond donors (Lipinski definition) is 1. The summed E-state index contributed by atoms with van der Waals surface area (Å²) in [4.78, 5) is 22.6. The van der Waals surface area contributed by atoms with Gasteiger partial charge in [-0.2, -0.15) is 0 Å². The van der Waals surface area contributed by atoms with Gasteiger partial charge in [0.25, 0.3) is 0 Å². The number of methoxy groups -OCH3 is 1. The molecule has 19 heavy (non-hydrogen) atoms. The van der Waals surface area contributed by atoms with Gasteiger partial charge in [0, 0.05) is 0 Å². The van der Waals surface area contributed by atoms with Crippen LogP contribution in [-0.2, 0) is 9.53 Å². The van der Waals surface area contributed by atoms with Crippen LogP contribution in [0, 0.1) is 5.41 Å². The van der Waals surface area contributed by atoms with Gasteiger partial charge in [0.1, 0.15) is 0 Å². The van der Waals surface area contributed by atoms with Crippen LogP contribution < -0.4 is 0 Å². The summed E-state index contributed by atoms with van der Waals surface area (Å²) < 4.78 is 4.65. The molecule has 1 saturated carbocycles. The molecule has 0 unspecified atom stereocenters. The number of hydrogen-bond acceptors (Lipinski definition) is 3. The number of benzene rings is 1. The number of carbonyl (C=O) groups is 2. The highest BCUT2D eigenvalue weighted by Gasteiger charge is 2.41. The van der Waals surface area contributed by atoms with Gasteiger partial charge in [-0.25, -0.2) is 4.79 Å². The molecule has 0 amide bonds. The topological polar surface area (TPSA) is 63.6 Å². The van der Waals surface area contributed by atoms with Crippen molar-refractivity contribution in [3.05, 3.63) is 35.4 Å². The maximum absolute atomic E-state index is 11.3. The van der Waals surface area contributed by atoms with E-state index in [9.17, 15) is 14.7 Å². The zero-order valence-electron chi connectivity index (χ0n) is 11.2. The van der Waals surface area contributed by atoms with Crippen molar-refractivity contribution in [1.29, 1.82) is 0 Å². The van der Waals surface area contributed by atoms with Gasteiger partial charge in [0.05, 0.1) is 18.1 Å². The summed E-state index contributed by atoms with van der Waals surface area (Å²) in [7, 11) is 1.35. The fraction of sp³-hybridized carbons (Fsp3) is 0.467. The number of carbonyl (C=O) groups excluding carboxylic acids is 1. The Morgan fingerprint density at radius 2 is 1.95 bits per heavy atom. The number of aliphatic carboxylic acids is 1. The highest BCUT2D eigenvalue weighted by Crippen LogP contribution is 2.46. The molecular weight excluding hydrogens is 244 g/mol. The second-order valence-corrected chi connectivity index (χ2v) is 5.42. The molecule has 2 atom stereocenters. The fourth-order valence-electron chi connectivity index (χ4n) is 2.73. The van der Waals surface area contributed by atoms with Crippen molar-refractivity contribution >= 4 is 11.9 Å². The summed E-state index contributed by atoms with van der Waals surface area (Å²) in [5, 5.41) is 9.22. The molecule has 0 aromatic heterocycles. The lowest BCUT2D eigenvalue weighted by Gasteiger charge is -2.18. The van der Waals surface area contributed by atoms with Gasteiger partial charge >= 0.3 is 11.9 Å². The van der Waals surface area contributed by atoms with Gasteiger partial charge in [-0.15, -0.1) is 0 Å². The van der Waals surface area contributed by atoms with Gasteiger partial charge < -0.3 is 9.84 Å². The summed E-state index contributed by atoms with van der Waals surface area (Å²) >= 11 is 0. The first-order valence-corrected chi connectivity index (χ1v) is 6.38. The summed E-state index contributed by atoms with van der Waals surface area (Å²) in [6, 6.07) is 7.25. The predicted molar refractivity (Wildman–Crippen MR) is 70.1 cm³/mol. The van der Waals surface area contributed by atoms with Crippen LogP contribution in [0.25, 0.3) is 0 Å². The molecule has 0 heterocycles. The van der Waals surface area contributed by atoms with E-state index >= 15 is 0 Å². The third kappa shape index (κ3) is 2.62. The lowest BCUT2D eigenvalue weighted by molar-refractivity contribution is -0.147. The van der Waals surface area contributed by atoms with Crippen LogP contribution in [0.3, 0.4) is 0 Å². The highest BCUT2D eigenvalue weighted by atomic mass is 16.5. The standard InChI is InChI=1S/C15H18O4/c1-15(14(17)18)8-7-12(9-15)10-3-5-11(6-4-10)13(16)19-2/h3-6,12H,7-9H2,1-2H3,(H,17,18)/t12-,15+/m0/s1. The van der Waals surface area contributed by atoms with Crippen LogP contribution in [-0.4, -0.2) is 24.2 Å². The van der Waals surface area contributed by atoms with Crippen LogP contribution in [0.5, 0.6) is 0 Å². The maximum atomic E-state index is 11.3. The van der Waals surface area contributed by atoms with Crippen LogP contribution in [0.1, 0.15) is 48.0 Å². The van der Waals surface area contributed by atoms with E-state index in [0.29, 0.717) is 18.4 Å². The average molecular weight is 262 g/mol. The molecule has 1 fully saturated rings. The van der Waals surface area contributed by atoms with E-state index in [1.165, 1.54) is 7.11 Å². The molecule has 1 aromatic carbocycles. The Morgan fingerprint density at radius 1 is 1.32 bits per heavy atom. The molecule has 0 aliphatic heterocycles. The molecule has 0 bridgehead atoms. The van der Waals surface area contributed by atoms with Gasteiger partial charge in [0.2, 0.25) is 0 Å². The molecule has 0 saturated heterocycles. The van der Waals surface area contributed by atoms with Crippen molar-refractivity contribution in [1.82, 2.24) is 0 Å². The zero-order valence-corrected chi connectivity index (χ0v) is 11.2. The van der Waals surface area contributed by atoms with E-state index in [1.807, 2.05) is 12.1 Å². The number of rotatable bonds is 3. The van der Waals surface area contributed by atoms with Gasteiger partial charge in [-0.1, -0.05) is 12.1 Å². The predicted octanol–water partition coefficient (Wildman–Crippen LogP) is 2.83. The minimum Gasteiger partial charge on any atom is -0.481 e. The quantitative estimate of drug-likeness (QED) is 0.851. The Morgan fingerprint density at radius 3 is 2.42 bits per heavy atom. The van der Waals surface area contributed by atoms with Crippen molar-refractivity contribution < 1.29 is 19.4 Å². The molecule has 1 aliphatic carbocycles. The van der Waals surface area contributed by atoms with Crippen molar-refractivity contribution in [2.75, 3.05) is 7.11 Å². The van der Waals surface area contributed by atoms with E-state index < -0.39 is 11.4 Å². The second kappa shape index (κ2) is 5.03. The second-order valence-electron chi connectivity index (χ2n) is 5.42. The van der Waals surface area contributed by atoms with Gasteiger partial charge in [0.15, 0.2) is 0 Å². The molecule has 4 heteroatoms. The van der Waals surface area contributed by atoms with E-state index in [-0.39, 0.29) is 11.9 Å². The number of ether oxygens (including phenoxy) is 1. The number of carboxylic acids is 1. The summed E-state index contributed by atoms with van der Waals surface area (Å²) in [6.45, 7) is 1.80. The van der Waals surface area contributed by atoms with Gasteiger partial charge in [-0.3, -0.25) is 4.79 Å². The lowest BCUT2D eigenvalue weighted by atomic mass is 9.86. The first kappa shape index (κ1) is 13.6. The van der Waals surface area contributed by atoms with E-state index in [0.717, 1.165) is 12.0 Å². The molecular formula is C15H18O4. The lowest BCUT2D eigenvalue weighted by Crippen LogP contribution is -2.23. The minimum atomic E-state index is -0.721. The normalized spacial score (nSPS) is 26.1. The Bertz CT molecular complexity index is 491. The van der Waals surface area contributed by atoms with Crippen LogP contribution >= 0.6 is 0 Å². The Balaban J connectivity index is 2.12. The van der Waals surface area contributed by atoms with Crippen molar-refractivity contribution in [3.63, 3.8) is 0 Å². The molecule has 102 valence electrons. The molecule has 1 aromatic rings. The fourth-order valence-corrected chi connectivity index (χ4v) is 2.73.